The number of hydrogen-bond acceptors (Lipinski definition) is 4. The van der Waals surface area contributed by atoms with Crippen molar-refractivity contribution in [3.05, 3.63) is 35.4 Å². The van der Waals surface area contributed by atoms with E-state index in [-0.39, 0.29) is 18.7 Å². The van der Waals surface area contributed by atoms with Gasteiger partial charge in [0.15, 0.2) is 0 Å². The van der Waals surface area contributed by atoms with Crippen molar-refractivity contribution in [1.82, 2.24) is 4.90 Å². The number of likely N-dealkylation sites (tertiary alicyclic amines) is 1. The number of aliphatic hydroxyl groups excluding tert-OH is 1. The highest BCUT2D eigenvalue weighted by Gasteiger charge is 2.29. The van der Waals surface area contributed by atoms with Gasteiger partial charge in [-0.25, -0.2) is 0 Å². The summed E-state index contributed by atoms with van der Waals surface area (Å²) in [6, 6.07) is 7.39. The summed E-state index contributed by atoms with van der Waals surface area (Å²) in [5, 5.41) is 9.18. The van der Waals surface area contributed by atoms with E-state index in [1.807, 2.05) is 18.2 Å². The first-order valence-corrected chi connectivity index (χ1v) is 5.90. The van der Waals surface area contributed by atoms with Crippen LogP contribution >= 0.6 is 0 Å². The quantitative estimate of drug-likeness (QED) is 0.420. The maximum absolute atomic E-state index is 12.0. The van der Waals surface area contributed by atoms with Crippen LogP contribution in [0, 0.1) is 0 Å². The van der Waals surface area contributed by atoms with Crippen LogP contribution in [0.25, 0.3) is 0 Å². The van der Waals surface area contributed by atoms with Gasteiger partial charge in [0, 0.05) is 18.7 Å². The summed E-state index contributed by atoms with van der Waals surface area (Å²) in [6.45, 7) is 1.00. The number of carbonyl (C=O) groups is 1. The van der Waals surface area contributed by atoms with E-state index in [9.17, 15) is 9.90 Å². The molecule has 2 rings (SSSR count). The molecule has 3 N–H and O–H groups in total. The molecule has 5 nitrogen and oxygen atoms in total. The minimum Gasteiger partial charge on any atom is -0.428 e. The highest BCUT2D eigenvalue weighted by atomic mass is 16.4. The van der Waals surface area contributed by atoms with Gasteiger partial charge in [0.2, 0.25) is 0 Å². The predicted molar refractivity (Wildman–Crippen MR) is 67.9 cm³/mol. The molecule has 1 amide bonds. The Morgan fingerprint density at radius 3 is 3.00 bits per heavy atom. The van der Waals surface area contributed by atoms with Gasteiger partial charge in [0.05, 0.1) is 12.8 Å². The summed E-state index contributed by atoms with van der Waals surface area (Å²) in [6.07, 6.45) is 0.240. The smallest absolute Gasteiger partial charge is 0.298 e. The predicted octanol–water partition coefficient (Wildman–Crippen LogP) is -0.445. The van der Waals surface area contributed by atoms with E-state index >= 15 is 0 Å². The Balaban J connectivity index is 1.96. The fourth-order valence-corrected chi connectivity index (χ4v) is 1.86. The lowest BCUT2D eigenvalue weighted by atomic mass is 9.88. The minimum atomic E-state index is -0.372. The Labute approximate surface area is 107 Å². The number of rotatable bonds is 5. The minimum absolute atomic E-state index is 0.0399. The summed E-state index contributed by atoms with van der Waals surface area (Å²) in [4.78, 5) is 13.6. The molecule has 1 aromatic rings. The fourth-order valence-electron chi connectivity index (χ4n) is 1.86. The molecule has 18 heavy (non-hydrogen) atoms. The van der Waals surface area contributed by atoms with E-state index in [2.05, 4.69) is 0 Å². The standard InChI is InChI=1S/C12H16BN2O3/c14-8-18-13-5-9-2-1-3-10(4-9)12(17)15-6-11(16)7-15/h1-4,11,16H,5-8,14H2. The summed E-state index contributed by atoms with van der Waals surface area (Å²) in [5.74, 6) is -0.0399. The molecule has 1 aliphatic heterocycles. The number of nitrogens with two attached hydrogens (primary N) is 1. The largest absolute Gasteiger partial charge is 0.428 e. The third kappa shape index (κ3) is 3.10. The lowest BCUT2D eigenvalue weighted by Gasteiger charge is -2.35. The van der Waals surface area contributed by atoms with Crippen LogP contribution in [0.2, 0.25) is 0 Å². The van der Waals surface area contributed by atoms with Gasteiger partial charge in [-0.15, -0.1) is 0 Å². The summed E-state index contributed by atoms with van der Waals surface area (Å²) >= 11 is 0. The molecule has 95 valence electrons. The molecule has 0 atom stereocenters. The molecule has 1 radical (unpaired) electrons. The third-order valence-electron chi connectivity index (χ3n) is 2.86. The molecule has 1 fully saturated rings. The van der Waals surface area contributed by atoms with E-state index in [1.54, 1.807) is 18.4 Å². The van der Waals surface area contributed by atoms with Gasteiger partial charge < -0.3 is 20.4 Å². The van der Waals surface area contributed by atoms with Crippen LogP contribution in [0.5, 0.6) is 0 Å². The Bertz CT molecular complexity index is 422. The van der Waals surface area contributed by atoms with Gasteiger partial charge in [0.25, 0.3) is 13.4 Å². The molecular weight excluding hydrogens is 231 g/mol. The number of carbonyl (C=O) groups excluding carboxylic acids is 1. The zero-order valence-electron chi connectivity index (χ0n) is 10.1. The Morgan fingerprint density at radius 2 is 2.33 bits per heavy atom. The molecule has 1 aromatic carbocycles. The normalized spacial score (nSPS) is 15.3. The van der Waals surface area contributed by atoms with Crippen molar-refractivity contribution < 1.29 is 14.6 Å². The second-order valence-electron chi connectivity index (χ2n) is 4.27. The van der Waals surface area contributed by atoms with Crippen molar-refractivity contribution in [2.24, 2.45) is 5.73 Å². The van der Waals surface area contributed by atoms with Crippen LogP contribution in [-0.4, -0.2) is 49.3 Å². The van der Waals surface area contributed by atoms with Crippen LogP contribution in [0.1, 0.15) is 15.9 Å². The molecule has 0 aliphatic carbocycles. The topological polar surface area (TPSA) is 75.8 Å². The number of β-amino-alcohol motifs (C(OH)–C–C–N with tert-alkyl or cyclic N) is 1. The molecule has 0 aromatic heterocycles. The summed E-state index contributed by atoms with van der Waals surface area (Å²) in [5.41, 5.74) is 6.85. The first kappa shape index (κ1) is 13.1. The van der Waals surface area contributed by atoms with Gasteiger partial charge in [-0.2, -0.15) is 0 Å². The molecule has 1 saturated heterocycles. The van der Waals surface area contributed by atoms with Crippen molar-refractivity contribution in [2.45, 2.75) is 12.4 Å². The number of benzene rings is 1. The molecule has 0 saturated carbocycles. The summed E-state index contributed by atoms with van der Waals surface area (Å²) < 4.78 is 4.96. The fraction of sp³-hybridized carbons (Fsp3) is 0.417. The SMILES string of the molecule is NCO[B]Cc1cccc(C(=O)N2CC(O)C2)c1. The van der Waals surface area contributed by atoms with Gasteiger partial charge >= 0.3 is 0 Å². The van der Waals surface area contributed by atoms with Gasteiger partial charge in [-0.1, -0.05) is 17.7 Å². The Morgan fingerprint density at radius 1 is 1.56 bits per heavy atom. The molecule has 1 heterocycles. The Kier molecular flexibility index (Phi) is 4.35. The zero-order valence-corrected chi connectivity index (χ0v) is 10.1. The highest BCUT2D eigenvalue weighted by Crippen LogP contribution is 2.14. The van der Waals surface area contributed by atoms with Crippen LogP contribution in [0.4, 0.5) is 0 Å². The third-order valence-corrected chi connectivity index (χ3v) is 2.86. The van der Waals surface area contributed by atoms with E-state index in [0.29, 0.717) is 25.0 Å². The maximum atomic E-state index is 12.0. The van der Waals surface area contributed by atoms with Gasteiger partial charge in [-0.3, -0.25) is 4.79 Å². The summed E-state index contributed by atoms with van der Waals surface area (Å²) in [7, 11) is 1.62. The zero-order chi connectivity index (χ0) is 13.0. The molecule has 6 heteroatoms. The lowest BCUT2D eigenvalue weighted by Crippen LogP contribution is -2.53. The molecular formula is C12H16BN2O3. The monoisotopic (exact) mass is 247 g/mol. The molecule has 0 spiro atoms. The number of hydrogen-bond donors (Lipinski definition) is 2. The molecule has 0 unspecified atom stereocenters. The number of nitrogens with zero attached hydrogens (tertiary/aromatic N) is 1. The molecule has 1 aliphatic rings. The van der Waals surface area contributed by atoms with Crippen LogP contribution in [-0.2, 0) is 11.0 Å². The first-order valence-electron chi connectivity index (χ1n) is 5.90. The number of amides is 1. The van der Waals surface area contributed by atoms with Crippen molar-refractivity contribution in [3.8, 4) is 0 Å². The second-order valence-corrected chi connectivity index (χ2v) is 4.27. The maximum Gasteiger partial charge on any atom is 0.298 e. The van der Waals surface area contributed by atoms with E-state index in [4.69, 9.17) is 10.4 Å². The van der Waals surface area contributed by atoms with Crippen molar-refractivity contribution >= 4 is 13.4 Å². The van der Waals surface area contributed by atoms with Gasteiger partial charge in [-0.05, 0) is 18.5 Å². The highest BCUT2D eigenvalue weighted by molar-refractivity contribution is 6.26. The lowest BCUT2D eigenvalue weighted by molar-refractivity contribution is 0.00589. The van der Waals surface area contributed by atoms with Crippen LogP contribution in [0.15, 0.2) is 24.3 Å². The Hall–Kier alpha value is -1.37. The van der Waals surface area contributed by atoms with Crippen molar-refractivity contribution in [3.63, 3.8) is 0 Å². The average molecular weight is 247 g/mol. The number of aliphatic hydroxyl groups is 1. The first-order chi connectivity index (χ1) is 8.70. The van der Waals surface area contributed by atoms with Crippen LogP contribution in [0.3, 0.4) is 0 Å². The molecule has 0 bridgehead atoms. The average Bonchev–Trinajstić information content (AvgIpc) is 2.35. The van der Waals surface area contributed by atoms with Crippen molar-refractivity contribution in [2.75, 3.05) is 19.8 Å². The van der Waals surface area contributed by atoms with Gasteiger partial charge in [0.1, 0.15) is 0 Å². The van der Waals surface area contributed by atoms with E-state index in [0.717, 1.165) is 5.56 Å². The van der Waals surface area contributed by atoms with Crippen LogP contribution < -0.4 is 5.73 Å². The van der Waals surface area contributed by atoms with E-state index in [1.165, 1.54) is 0 Å². The second kappa shape index (κ2) is 5.99. The van der Waals surface area contributed by atoms with E-state index < -0.39 is 0 Å². The van der Waals surface area contributed by atoms with Crippen molar-refractivity contribution in [1.29, 1.82) is 0 Å².